The van der Waals surface area contributed by atoms with Gasteiger partial charge in [0.1, 0.15) is 6.04 Å². The number of phenolic OH excluding ortho intramolecular Hbond substituents is 2. The van der Waals surface area contributed by atoms with Gasteiger partial charge in [0.05, 0.1) is 0 Å². The average Bonchev–Trinajstić information content (AvgIpc) is 2.11. The number of phenols is 2. The SMILES string of the molecule is NC(Cc1ccc(O)c(O)c1)C(=O)O.[NaH]. The number of carbonyl (C=O) groups is 1. The van der Waals surface area contributed by atoms with Gasteiger partial charge in [-0.25, -0.2) is 0 Å². The summed E-state index contributed by atoms with van der Waals surface area (Å²) >= 11 is 0. The van der Waals surface area contributed by atoms with Crippen LogP contribution in [0.15, 0.2) is 18.2 Å². The van der Waals surface area contributed by atoms with E-state index in [-0.39, 0.29) is 47.5 Å². The van der Waals surface area contributed by atoms with Crippen LogP contribution in [0.4, 0.5) is 0 Å². The van der Waals surface area contributed by atoms with Crippen molar-refractivity contribution in [2.75, 3.05) is 0 Å². The summed E-state index contributed by atoms with van der Waals surface area (Å²) in [7, 11) is 0. The van der Waals surface area contributed by atoms with Gasteiger partial charge in [0, 0.05) is 0 Å². The van der Waals surface area contributed by atoms with Crippen molar-refractivity contribution >= 4 is 35.5 Å². The molecule has 1 rings (SSSR count). The molecule has 0 bridgehead atoms. The summed E-state index contributed by atoms with van der Waals surface area (Å²) in [5, 5.41) is 26.6. The second-order valence-electron chi connectivity index (χ2n) is 2.97. The van der Waals surface area contributed by atoms with Gasteiger partial charge < -0.3 is 21.1 Å². The van der Waals surface area contributed by atoms with Crippen molar-refractivity contribution in [2.24, 2.45) is 5.73 Å². The van der Waals surface area contributed by atoms with Gasteiger partial charge in [0.2, 0.25) is 0 Å². The fraction of sp³-hybridized carbons (Fsp3) is 0.222. The Hall–Kier alpha value is -0.750. The number of nitrogens with two attached hydrogens (primary N) is 1. The predicted molar refractivity (Wildman–Crippen MR) is 56.2 cm³/mol. The van der Waals surface area contributed by atoms with Gasteiger partial charge in [0.25, 0.3) is 0 Å². The third-order valence-electron chi connectivity index (χ3n) is 1.81. The molecule has 1 atom stereocenters. The molecule has 0 heterocycles. The summed E-state index contributed by atoms with van der Waals surface area (Å²) in [6, 6.07) is 3.09. The van der Waals surface area contributed by atoms with Gasteiger partial charge in [-0.15, -0.1) is 0 Å². The van der Waals surface area contributed by atoms with E-state index in [1.807, 2.05) is 0 Å². The Morgan fingerprint density at radius 1 is 1.33 bits per heavy atom. The number of carboxylic acid groups (broad SMARTS) is 1. The minimum atomic E-state index is -1.10. The van der Waals surface area contributed by atoms with E-state index in [1.165, 1.54) is 18.2 Å². The van der Waals surface area contributed by atoms with E-state index >= 15 is 0 Å². The van der Waals surface area contributed by atoms with E-state index in [1.54, 1.807) is 0 Å². The Bertz CT molecular complexity index is 356. The average molecular weight is 221 g/mol. The van der Waals surface area contributed by atoms with Crippen molar-refractivity contribution < 1.29 is 20.1 Å². The van der Waals surface area contributed by atoms with E-state index in [0.29, 0.717) is 5.56 Å². The van der Waals surface area contributed by atoms with Crippen LogP contribution < -0.4 is 5.73 Å². The number of rotatable bonds is 3. The third kappa shape index (κ3) is 4.09. The molecule has 1 aromatic carbocycles. The molecule has 0 amide bonds. The van der Waals surface area contributed by atoms with Gasteiger partial charge in [-0.05, 0) is 24.1 Å². The molecule has 0 aromatic heterocycles. The number of hydrogen-bond acceptors (Lipinski definition) is 4. The number of benzene rings is 1. The second-order valence-corrected chi connectivity index (χ2v) is 2.97. The van der Waals surface area contributed by atoms with Crippen molar-refractivity contribution in [2.45, 2.75) is 12.5 Å². The molecule has 1 aromatic rings. The molecular formula is C9H12NNaO4. The number of hydrogen-bond donors (Lipinski definition) is 4. The summed E-state index contributed by atoms with van der Waals surface area (Å²) in [4.78, 5) is 10.4. The topological polar surface area (TPSA) is 104 Å². The maximum atomic E-state index is 10.4. The predicted octanol–water partition coefficient (Wildman–Crippen LogP) is -0.596. The van der Waals surface area contributed by atoms with Crippen LogP contribution in [0, 0.1) is 0 Å². The summed E-state index contributed by atoms with van der Waals surface area (Å²) < 4.78 is 0. The summed E-state index contributed by atoms with van der Waals surface area (Å²) in [5.41, 5.74) is 5.86. The van der Waals surface area contributed by atoms with Gasteiger partial charge >= 0.3 is 35.5 Å². The van der Waals surface area contributed by atoms with Crippen molar-refractivity contribution in [1.82, 2.24) is 0 Å². The van der Waals surface area contributed by atoms with Crippen LogP contribution in [-0.4, -0.2) is 56.9 Å². The Morgan fingerprint density at radius 3 is 2.40 bits per heavy atom. The number of aromatic hydroxyl groups is 2. The third-order valence-corrected chi connectivity index (χ3v) is 1.81. The maximum absolute atomic E-state index is 10.4. The van der Waals surface area contributed by atoms with Gasteiger partial charge in [-0.3, -0.25) is 4.79 Å². The molecule has 0 aliphatic carbocycles. The molecule has 15 heavy (non-hydrogen) atoms. The van der Waals surface area contributed by atoms with Crippen molar-refractivity contribution in [1.29, 1.82) is 0 Å². The van der Waals surface area contributed by atoms with Crippen LogP contribution in [0.5, 0.6) is 11.5 Å². The van der Waals surface area contributed by atoms with E-state index in [9.17, 15) is 4.79 Å². The number of carboxylic acids is 1. The molecule has 0 fully saturated rings. The van der Waals surface area contributed by atoms with Crippen LogP contribution in [0.1, 0.15) is 5.56 Å². The van der Waals surface area contributed by atoms with Crippen molar-refractivity contribution in [3.8, 4) is 11.5 Å². The van der Waals surface area contributed by atoms with E-state index in [4.69, 9.17) is 21.1 Å². The molecule has 78 valence electrons. The first-order valence-electron chi connectivity index (χ1n) is 4.00. The Kier molecular flexibility index (Phi) is 5.67. The molecular weight excluding hydrogens is 209 g/mol. The normalized spacial score (nSPS) is 11.5. The Balaban J connectivity index is 0.00000196. The second kappa shape index (κ2) is 5.97. The molecule has 0 saturated carbocycles. The molecule has 1 unspecified atom stereocenters. The Morgan fingerprint density at radius 2 is 1.93 bits per heavy atom. The van der Waals surface area contributed by atoms with Gasteiger partial charge in [-0.2, -0.15) is 0 Å². The summed E-state index contributed by atoms with van der Waals surface area (Å²) in [6.45, 7) is 0. The zero-order valence-electron chi connectivity index (χ0n) is 7.34. The van der Waals surface area contributed by atoms with Crippen molar-refractivity contribution in [3.05, 3.63) is 23.8 Å². The standard InChI is InChI=1S/C9H11NO4.Na.H/c10-6(9(13)14)3-5-1-2-7(11)8(12)4-5;;/h1-2,4,6,11-12H,3,10H2,(H,13,14);;. The van der Waals surface area contributed by atoms with Gasteiger partial charge in [-0.1, -0.05) is 6.07 Å². The van der Waals surface area contributed by atoms with Crippen LogP contribution in [-0.2, 0) is 11.2 Å². The first kappa shape index (κ1) is 14.2. The molecule has 0 saturated heterocycles. The van der Waals surface area contributed by atoms with Crippen LogP contribution in [0.25, 0.3) is 0 Å². The minimum absolute atomic E-state index is 0. The molecule has 0 aliphatic rings. The summed E-state index contributed by atoms with van der Waals surface area (Å²) in [6.07, 6.45) is 0.114. The van der Waals surface area contributed by atoms with Crippen LogP contribution >= 0.6 is 0 Å². The zero-order chi connectivity index (χ0) is 10.7. The molecule has 5 nitrogen and oxygen atoms in total. The van der Waals surface area contributed by atoms with Crippen molar-refractivity contribution in [3.63, 3.8) is 0 Å². The van der Waals surface area contributed by atoms with E-state index < -0.39 is 12.0 Å². The number of aliphatic carboxylic acids is 1. The molecule has 6 heteroatoms. The quantitative estimate of drug-likeness (QED) is 0.403. The van der Waals surface area contributed by atoms with Gasteiger partial charge in [0.15, 0.2) is 11.5 Å². The first-order chi connectivity index (χ1) is 6.50. The molecule has 0 aliphatic heterocycles. The van der Waals surface area contributed by atoms with E-state index in [2.05, 4.69) is 0 Å². The first-order valence-corrected chi connectivity index (χ1v) is 4.00. The van der Waals surface area contributed by atoms with E-state index in [0.717, 1.165) is 0 Å². The zero-order valence-corrected chi connectivity index (χ0v) is 7.34. The Labute approximate surface area is 109 Å². The molecule has 5 N–H and O–H groups in total. The fourth-order valence-electron chi connectivity index (χ4n) is 1.04. The van der Waals surface area contributed by atoms with Crippen LogP contribution in [0.2, 0.25) is 0 Å². The summed E-state index contributed by atoms with van der Waals surface area (Å²) in [5.74, 6) is -1.62. The van der Waals surface area contributed by atoms with Crippen LogP contribution in [0.3, 0.4) is 0 Å². The molecule has 0 spiro atoms. The molecule has 0 radical (unpaired) electrons. The fourth-order valence-corrected chi connectivity index (χ4v) is 1.04. The monoisotopic (exact) mass is 221 g/mol.